The third-order valence-electron chi connectivity index (χ3n) is 5.35. The number of hydrogen-bond acceptors (Lipinski definition) is 4. The number of nitrogens with zero attached hydrogens (tertiary/aromatic N) is 3. The first-order chi connectivity index (χ1) is 16.8. The molecule has 0 saturated carbocycles. The van der Waals surface area contributed by atoms with Gasteiger partial charge in [0.05, 0.1) is 12.0 Å². The summed E-state index contributed by atoms with van der Waals surface area (Å²) in [5.74, 6) is 0.0471. The molecule has 0 aliphatic rings. The number of carbonyl (C=O) groups is 2. The van der Waals surface area contributed by atoms with Crippen molar-refractivity contribution in [3.05, 3.63) is 89.5 Å². The van der Waals surface area contributed by atoms with Crippen LogP contribution in [0.5, 0.6) is 0 Å². The van der Waals surface area contributed by atoms with Crippen molar-refractivity contribution < 1.29 is 14.0 Å². The molecule has 8 heteroatoms. The predicted octanol–water partition coefficient (Wildman–Crippen LogP) is 5.83. The fourth-order valence-corrected chi connectivity index (χ4v) is 3.81. The van der Waals surface area contributed by atoms with Crippen LogP contribution in [0.4, 0.5) is 5.95 Å². The number of aryl methyl sites for hydroxylation is 1. The van der Waals surface area contributed by atoms with Crippen LogP contribution in [-0.4, -0.2) is 39.4 Å². The summed E-state index contributed by atoms with van der Waals surface area (Å²) in [4.78, 5) is 32.1. The van der Waals surface area contributed by atoms with Gasteiger partial charge >= 0.3 is 0 Å². The summed E-state index contributed by atoms with van der Waals surface area (Å²) < 4.78 is 7.08. The second kappa shape index (κ2) is 10.6. The van der Waals surface area contributed by atoms with Crippen molar-refractivity contribution in [2.75, 3.05) is 18.4 Å². The largest absolute Gasteiger partial charge is 0.459 e. The van der Waals surface area contributed by atoms with Gasteiger partial charge in [-0.15, -0.1) is 0 Å². The average Bonchev–Trinajstić information content (AvgIpc) is 3.50. The molecule has 2 amide bonds. The molecular weight excluding hydrogens is 464 g/mol. The van der Waals surface area contributed by atoms with Crippen LogP contribution in [-0.2, 0) is 4.79 Å². The molecule has 0 fully saturated rings. The number of rotatable bonds is 8. The van der Waals surface area contributed by atoms with Crippen LogP contribution >= 0.6 is 11.6 Å². The van der Waals surface area contributed by atoms with Crippen LogP contribution < -0.4 is 5.32 Å². The normalized spacial score (nSPS) is 11.0. The minimum absolute atomic E-state index is 0.130. The van der Waals surface area contributed by atoms with Gasteiger partial charge in [0.15, 0.2) is 5.76 Å². The standard InChI is InChI=1S/C27H27ClN4O3/c1-18(2)15-31(26(34)24-5-4-14-35-24)17-25(33)30-27-29-23(20-8-10-21(28)11-9-20)16-32(27)22-12-6-19(3)7-13-22/h4-14,16,18H,15,17H2,1-3H3,(H,29,30,33). The summed E-state index contributed by atoms with van der Waals surface area (Å²) in [5.41, 5.74) is 3.52. The molecule has 0 atom stereocenters. The van der Waals surface area contributed by atoms with Gasteiger partial charge in [-0.2, -0.15) is 0 Å². The summed E-state index contributed by atoms with van der Waals surface area (Å²) in [6.07, 6.45) is 3.31. The van der Waals surface area contributed by atoms with Gasteiger partial charge in [-0.25, -0.2) is 4.98 Å². The van der Waals surface area contributed by atoms with E-state index in [4.69, 9.17) is 16.0 Å². The minimum atomic E-state index is -0.354. The molecular formula is C27H27ClN4O3. The highest BCUT2D eigenvalue weighted by molar-refractivity contribution is 6.30. The summed E-state index contributed by atoms with van der Waals surface area (Å²) in [7, 11) is 0. The smallest absolute Gasteiger partial charge is 0.290 e. The molecule has 0 spiro atoms. The quantitative estimate of drug-likeness (QED) is 0.337. The lowest BCUT2D eigenvalue weighted by molar-refractivity contribution is -0.117. The van der Waals surface area contributed by atoms with E-state index in [1.807, 2.05) is 67.9 Å². The SMILES string of the molecule is Cc1ccc(-n2cc(-c3ccc(Cl)cc3)nc2NC(=O)CN(CC(C)C)C(=O)c2ccco2)cc1. The van der Waals surface area contributed by atoms with Gasteiger partial charge in [-0.3, -0.25) is 19.5 Å². The molecule has 4 rings (SSSR count). The van der Waals surface area contributed by atoms with Crippen LogP contribution in [0.15, 0.2) is 77.5 Å². The fourth-order valence-electron chi connectivity index (χ4n) is 3.68. The number of anilines is 1. The van der Waals surface area contributed by atoms with Crippen molar-refractivity contribution in [1.29, 1.82) is 0 Å². The highest BCUT2D eigenvalue weighted by Gasteiger charge is 2.23. The van der Waals surface area contributed by atoms with Crippen LogP contribution in [0.3, 0.4) is 0 Å². The molecule has 2 heterocycles. The molecule has 0 bridgehead atoms. The van der Waals surface area contributed by atoms with Gasteiger partial charge in [0.1, 0.15) is 6.54 Å². The van der Waals surface area contributed by atoms with Gasteiger partial charge in [0.25, 0.3) is 5.91 Å². The van der Waals surface area contributed by atoms with Crippen molar-refractivity contribution in [1.82, 2.24) is 14.5 Å². The Kier molecular flexibility index (Phi) is 7.36. The van der Waals surface area contributed by atoms with Gasteiger partial charge in [-0.1, -0.05) is 55.3 Å². The van der Waals surface area contributed by atoms with Crippen LogP contribution in [0, 0.1) is 12.8 Å². The molecule has 1 N–H and O–H groups in total. The van der Waals surface area contributed by atoms with Crippen molar-refractivity contribution in [3.63, 3.8) is 0 Å². The second-order valence-corrected chi connectivity index (χ2v) is 9.20. The van der Waals surface area contributed by atoms with E-state index in [2.05, 4.69) is 10.3 Å². The lowest BCUT2D eigenvalue weighted by atomic mass is 10.2. The van der Waals surface area contributed by atoms with Crippen LogP contribution in [0.1, 0.15) is 30.0 Å². The number of amides is 2. The number of nitrogens with one attached hydrogen (secondary N) is 1. The third kappa shape index (κ3) is 6.00. The molecule has 180 valence electrons. The Balaban J connectivity index is 1.62. The van der Waals surface area contributed by atoms with E-state index in [0.717, 1.165) is 16.8 Å². The van der Waals surface area contributed by atoms with Crippen molar-refractivity contribution in [2.24, 2.45) is 5.92 Å². The first kappa shape index (κ1) is 24.3. The van der Waals surface area contributed by atoms with Crippen molar-refractivity contribution in [3.8, 4) is 16.9 Å². The van der Waals surface area contributed by atoms with Crippen molar-refractivity contribution >= 4 is 29.4 Å². The molecule has 0 aliphatic heterocycles. The Morgan fingerprint density at radius 1 is 1.09 bits per heavy atom. The summed E-state index contributed by atoms with van der Waals surface area (Å²) in [6.45, 7) is 6.27. The second-order valence-electron chi connectivity index (χ2n) is 8.77. The van der Waals surface area contributed by atoms with E-state index in [1.165, 1.54) is 11.2 Å². The maximum absolute atomic E-state index is 13.1. The number of furan rings is 1. The molecule has 2 aromatic carbocycles. The van der Waals surface area contributed by atoms with Gasteiger partial charge in [0.2, 0.25) is 11.9 Å². The first-order valence-electron chi connectivity index (χ1n) is 11.3. The Hall–Kier alpha value is -3.84. The average molecular weight is 491 g/mol. The molecule has 35 heavy (non-hydrogen) atoms. The van der Waals surface area contributed by atoms with E-state index >= 15 is 0 Å². The molecule has 0 unspecified atom stereocenters. The third-order valence-corrected chi connectivity index (χ3v) is 5.60. The monoisotopic (exact) mass is 490 g/mol. The zero-order valence-electron chi connectivity index (χ0n) is 19.9. The lowest BCUT2D eigenvalue weighted by Gasteiger charge is -2.23. The Morgan fingerprint density at radius 3 is 2.43 bits per heavy atom. The number of aromatic nitrogens is 2. The van der Waals surface area contributed by atoms with E-state index in [1.54, 1.807) is 24.3 Å². The lowest BCUT2D eigenvalue weighted by Crippen LogP contribution is -2.40. The molecule has 0 radical (unpaired) electrons. The van der Waals surface area contributed by atoms with Crippen molar-refractivity contribution in [2.45, 2.75) is 20.8 Å². The summed E-state index contributed by atoms with van der Waals surface area (Å²) in [6, 6.07) is 18.5. The molecule has 7 nitrogen and oxygen atoms in total. The van der Waals surface area contributed by atoms with Crippen LogP contribution in [0.2, 0.25) is 5.02 Å². The van der Waals surface area contributed by atoms with Gasteiger partial charge < -0.3 is 9.32 Å². The maximum atomic E-state index is 13.1. The molecule has 2 aromatic heterocycles. The van der Waals surface area contributed by atoms with Gasteiger partial charge in [-0.05, 0) is 49.2 Å². The van der Waals surface area contributed by atoms with Gasteiger partial charge in [0, 0.05) is 29.0 Å². The Labute approximate surface area is 209 Å². The first-order valence-corrected chi connectivity index (χ1v) is 11.7. The van der Waals surface area contributed by atoms with E-state index in [-0.39, 0.29) is 30.0 Å². The van der Waals surface area contributed by atoms with E-state index < -0.39 is 0 Å². The maximum Gasteiger partial charge on any atom is 0.290 e. The minimum Gasteiger partial charge on any atom is -0.459 e. The zero-order valence-corrected chi connectivity index (χ0v) is 20.6. The zero-order chi connectivity index (χ0) is 24.9. The number of hydrogen-bond donors (Lipinski definition) is 1. The highest BCUT2D eigenvalue weighted by Crippen LogP contribution is 2.26. The Bertz CT molecular complexity index is 1290. The molecule has 4 aromatic rings. The molecule has 0 aliphatic carbocycles. The predicted molar refractivity (Wildman–Crippen MR) is 137 cm³/mol. The molecule has 0 saturated heterocycles. The number of benzene rings is 2. The number of imidazole rings is 1. The summed E-state index contributed by atoms with van der Waals surface area (Å²) >= 11 is 6.04. The Morgan fingerprint density at radius 2 is 1.80 bits per heavy atom. The highest BCUT2D eigenvalue weighted by atomic mass is 35.5. The topological polar surface area (TPSA) is 80.4 Å². The van der Waals surface area contributed by atoms with E-state index in [9.17, 15) is 9.59 Å². The summed E-state index contributed by atoms with van der Waals surface area (Å²) in [5, 5.41) is 3.52. The van der Waals surface area contributed by atoms with E-state index in [0.29, 0.717) is 23.2 Å². The number of carbonyl (C=O) groups excluding carboxylic acids is 2. The fraction of sp³-hybridized carbons (Fsp3) is 0.222. The number of halogens is 1. The van der Waals surface area contributed by atoms with Crippen LogP contribution in [0.25, 0.3) is 16.9 Å².